The number of rotatable bonds is 3. The molecular formula is C14H26N2O. The molecule has 0 aromatic heterocycles. The van der Waals surface area contributed by atoms with Crippen molar-refractivity contribution in [3.05, 3.63) is 0 Å². The van der Waals surface area contributed by atoms with E-state index in [0.29, 0.717) is 11.9 Å². The molecule has 1 aliphatic carbocycles. The average Bonchev–Trinajstić information content (AvgIpc) is 2.82. The van der Waals surface area contributed by atoms with E-state index in [0.717, 1.165) is 31.8 Å². The largest absolute Gasteiger partial charge is 0.353 e. The van der Waals surface area contributed by atoms with Crippen LogP contribution in [-0.4, -0.2) is 25.0 Å². The lowest BCUT2D eigenvalue weighted by molar-refractivity contribution is -0.131. The molecular weight excluding hydrogens is 212 g/mol. The second kappa shape index (κ2) is 5.38. The molecule has 3 nitrogen and oxygen atoms in total. The van der Waals surface area contributed by atoms with Crippen molar-refractivity contribution in [2.24, 2.45) is 11.3 Å². The minimum absolute atomic E-state index is 0.122. The molecule has 0 spiro atoms. The highest BCUT2D eigenvalue weighted by Gasteiger charge is 2.40. The van der Waals surface area contributed by atoms with Gasteiger partial charge in [0.25, 0.3) is 0 Å². The molecule has 1 atom stereocenters. The lowest BCUT2D eigenvalue weighted by Gasteiger charge is -2.32. The summed E-state index contributed by atoms with van der Waals surface area (Å²) in [4.78, 5) is 12.4. The predicted molar refractivity (Wildman–Crippen MR) is 69.8 cm³/mol. The molecule has 3 heteroatoms. The summed E-state index contributed by atoms with van der Waals surface area (Å²) in [6.07, 6.45) is 6.82. The fourth-order valence-electron chi connectivity index (χ4n) is 3.14. The second-order valence-corrected chi connectivity index (χ2v) is 5.99. The highest BCUT2D eigenvalue weighted by Crippen LogP contribution is 2.31. The van der Waals surface area contributed by atoms with Gasteiger partial charge in [0, 0.05) is 12.6 Å². The van der Waals surface area contributed by atoms with Gasteiger partial charge in [-0.25, -0.2) is 0 Å². The van der Waals surface area contributed by atoms with Gasteiger partial charge in [-0.3, -0.25) is 4.79 Å². The molecule has 0 radical (unpaired) electrons. The van der Waals surface area contributed by atoms with Crippen LogP contribution >= 0.6 is 0 Å². The third-order valence-corrected chi connectivity index (χ3v) is 4.75. The molecule has 2 fully saturated rings. The molecule has 17 heavy (non-hydrogen) atoms. The predicted octanol–water partition coefficient (Wildman–Crippen LogP) is 2.07. The summed E-state index contributed by atoms with van der Waals surface area (Å²) in [5.41, 5.74) is -0.122. The van der Waals surface area contributed by atoms with Crippen LogP contribution in [0, 0.1) is 11.3 Å². The smallest absolute Gasteiger partial charge is 0.227 e. The first-order valence-corrected chi connectivity index (χ1v) is 7.18. The molecule has 1 amide bonds. The zero-order chi connectivity index (χ0) is 12.3. The monoisotopic (exact) mass is 238 g/mol. The summed E-state index contributed by atoms with van der Waals surface area (Å²) in [5, 5.41) is 6.62. The Balaban J connectivity index is 1.87. The van der Waals surface area contributed by atoms with Crippen LogP contribution in [0.5, 0.6) is 0 Å². The van der Waals surface area contributed by atoms with E-state index in [9.17, 15) is 4.79 Å². The first kappa shape index (κ1) is 12.9. The maximum Gasteiger partial charge on any atom is 0.227 e. The number of amides is 1. The van der Waals surface area contributed by atoms with Gasteiger partial charge in [0.05, 0.1) is 5.41 Å². The van der Waals surface area contributed by atoms with Crippen molar-refractivity contribution in [2.45, 2.75) is 58.4 Å². The number of hydrogen-bond donors (Lipinski definition) is 2. The summed E-state index contributed by atoms with van der Waals surface area (Å²) in [6.45, 7) is 6.30. The van der Waals surface area contributed by atoms with E-state index < -0.39 is 0 Å². The van der Waals surface area contributed by atoms with Gasteiger partial charge in [-0.2, -0.15) is 0 Å². The maximum atomic E-state index is 12.4. The number of nitrogens with one attached hydrogen (secondary N) is 2. The lowest BCUT2D eigenvalue weighted by Crippen LogP contribution is -2.47. The Morgan fingerprint density at radius 3 is 2.59 bits per heavy atom. The fraction of sp³-hybridized carbons (Fsp3) is 0.929. The Morgan fingerprint density at radius 2 is 2.06 bits per heavy atom. The number of hydrogen-bond acceptors (Lipinski definition) is 2. The SMILES string of the molecule is CCC1(C(=O)NC2CCC(C)CC2)CCNC1. The van der Waals surface area contributed by atoms with Gasteiger partial charge in [0.15, 0.2) is 0 Å². The van der Waals surface area contributed by atoms with Crippen LogP contribution in [0.4, 0.5) is 0 Å². The Labute approximate surface area is 105 Å². The van der Waals surface area contributed by atoms with Gasteiger partial charge in [-0.1, -0.05) is 13.8 Å². The van der Waals surface area contributed by atoms with Crippen molar-refractivity contribution < 1.29 is 4.79 Å². The first-order chi connectivity index (χ1) is 8.16. The minimum Gasteiger partial charge on any atom is -0.353 e. The molecule has 2 rings (SSSR count). The van der Waals surface area contributed by atoms with E-state index in [1.165, 1.54) is 25.7 Å². The summed E-state index contributed by atoms with van der Waals surface area (Å²) < 4.78 is 0. The second-order valence-electron chi connectivity index (χ2n) is 5.99. The van der Waals surface area contributed by atoms with Crippen molar-refractivity contribution in [1.82, 2.24) is 10.6 Å². The molecule has 1 aliphatic heterocycles. The zero-order valence-corrected chi connectivity index (χ0v) is 11.2. The van der Waals surface area contributed by atoms with Gasteiger partial charge in [-0.05, 0) is 51.0 Å². The van der Waals surface area contributed by atoms with E-state index in [1.54, 1.807) is 0 Å². The number of carbonyl (C=O) groups is 1. The summed E-state index contributed by atoms with van der Waals surface area (Å²) >= 11 is 0. The Morgan fingerprint density at radius 1 is 1.35 bits per heavy atom. The summed E-state index contributed by atoms with van der Waals surface area (Å²) in [7, 11) is 0. The van der Waals surface area contributed by atoms with Crippen LogP contribution in [0.3, 0.4) is 0 Å². The molecule has 1 saturated carbocycles. The van der Waals surface area contributed by atoms with Crippen LogP contribution in [0.25, 0.3) is 0 Å². The molecule has 0 aromatic carbocycles. The van der Waals surface area contributed by atoms with E-state index in [2.05, 4.69) is 24.5 Å². The molecule has 0 aromatic rings. The molecule has 0 bridgehead atoms. The van der Waals surface area contributed by atoms with Crippen LogP contribution in [0.15, 0.2) is 0 Å². The average molecular weight is 238 g/mol. The van der Waals surface area contributed by atoms with Gasteiger partial charge in [0.1, 0.15) is 0 Å². The van der Waals surface area contributed by atoms with Crippen molar-refractivity contribution in [1.29, 1.82) is 0 Å². The Bertz CT molecular complexity index is 263. The van der Waals surface area contributed by atoms with Crippen molar-refractivity contribution in [3.63, 3.8) is 0 Å². The van der Waals surface area contributed by atoms with E-state index >= 15 is 0 Å². The van der Waals surface area contributed by atoms with Crippen molar-refractivity contribution in [2.75, 3.05) is 13.1 Å². The minimum atomic E-state index is -0.122. The molecule has 1 heterocycles. The molecule has 2 aliphatic rings. The Kier molecular flexibility index (Phi) is 4.08. The van der Waals surface area contributed by atoms with Gasteiger partial charge >= 0.3 is 0 Å². The van der Waals surface area contributed by atoms with Gasteiger partial charge in [-0.15, -0.1) is 0 Å². The van der Waals surface area contributed by atoms with Gasteiger partial charge < -0.3 is 10.6 Å². The Hall–Kier alpha value is -0.570. The molecule has 98 valence electrons. The highest BCUT2D eigenvalue weighted by molar-refractivity contribution is 5.83. The van der Waals surface area contributed by atoms with Crippen LogP contribution in [0.2, 0.25) is 0 Å². The fourth-order valence-corrected chi connectivity index (χ4v) is 3.14. The van der Waals surface area contributed by atoms with Crippen LogP contribution in [0.1, 0.15) is 52.4 Å². The highest BCUT2D eigenvalue weighted by atomic mass is 16.2. The summed E-state index contributed by atoms with van der Waals surface area (Å²) in [6, 6.07) is 0.433. The molecule has 1 unspecified atom stereocenters. The first-order valence-electron chi connectivity index (χ1n) is 7.18. The van der Waals surface area contributed by atoms with Crippen molar-refractivity contribution >= 4 is 5.91 Å². The molecule has 1 saturated heterocycles. The van der Waals surface area contributed by atoms with Crippen LogP contribution < -0.4 is 10.6 Å². The third kappa shape index (κ3) is 2.82. The van der Waals surface area contributed by atoms with E-state index in [1.807, 2.05) is 0 Å². The molecule has 2 N–H and O–H groups in total. The normalized spacial score (nSPS) is 38.0. The standard InChI is InChI=1S/C14H26N2O/c1-3-14(8-9-15-10-14)13(17)16-12-6-4-11(2)5-7-12/h11-12,15H,3-10H2,1-2H3,(H,16,17). The number of carbonyl (C=O) groups excluding carboxylic acids is 1. The summed E-state index contributed by atoms with van der Waals surface area (Å²) in [5.74, 6) is 1.14. The van der Waals surface area contributed by atoms with Crippen LogP contribution in [-0.2, 0) is 4.79 Å². The van der Waals surface area contributed by atoms with E-state index in [-0.39, 0.29) is 5.41 Å². The topological polar surface area (TPSA) is 41.1 Å². The van der Waals surface area contributed by atoms with Crippen molar-refractivity contribution in [3.8, 4) is 0 Å². The quantitative estimate of drug-likeness (QED) is 0.790. The lowest BCUT2D eigenvalue weighted by atomic mass is 9.81. The van der Waals surface area contributed by atoms with Gasteiger partial charge in [0.2, 0.25) is 5.91 Å². The van der Waals surface area contributed by atoms with E-state index in [4.69, 9.17) is 0 Å². The maximum absolute atomic E-state index is 12.4. The zero-order valence-electron chi connectivity index (χ0n) is 11.2. The third-order valence-electron chi connectivity index (χ3n) is 4.75.